The van der Waals surface area contributed by atoms with Gasteiger partial charge in [-0.25, -0.2) is 0 Å². The maximum atomic E-state index is 12.3. The highest BCUT2D eigenvalue weighted by Gasteiger charge is 2.09. The zero-order valence-corrected chi connectivity index (χ0v) is 14.5. The molecule has 26 heavy (non-hydrogen) atoms. The first kappa shape index (κ1) is 18.8. The van der Waals surface area contributed by atoms with Gasteiger partial charge in [-0.2, -0.15) is 5.26 Å². The Labute approximate surface area is 152 Å². The molecule has 0 saturated carbocycles. The van der Waals surface area contributed by atoms with Crippen molar-refractivity contribution in [1.82, 2.24) is 5.32 Å². The normalized spacial score (nSPS) is 10.7. The van der Waals surface area contributed by atoms with Crippen LogP contribution in [-0.4, -0.2) is 18.1 Å². The first-order valence-corrected chi connectivity index (χ1v) is 8.03. The van der Waals surface area contributed by atoms with E-state index in [4.69, 9.17) is 4.74 Å². The van der Waals surface area contributed by atoms with Crippen molar-refractivity contribution in [2.45, 2.75) is 13.0 Å². The Morgan fingerprint density at radius 1 is 1.31 bits per heavy atom. The summed E-state index contributed by atoms with van der Waals surface area (Å²) >= 11 is 0. The highest BCUT2D eigenvalue weighted by molar-refractivity contribution is 6.01. The second kappa shape index (κ2) is 9.09. The van der Waals surface area contributed by atoms with E-state index in [0.717, 1.165) is 11.3 Å². The molecule has 0 saturated heterocycles. The third kappa shape index (κ3) is 4.99. The van der Waals surface area contributed by atoms with Crippen molar-refractivity contribution < 1.29 is 14.6 Å². The molecule has 0 aliphatic heterocycles. The first-order valence-electron chi connectivity index (χ1n) is 8.03. The van der Waals surface area contributed by atoms with E-state index in [9.17, 15) is 15.2 Å². The van der Waals surface area contributed by atoms with Crippen LogP contribution >= 0.6 is 0 Å². The molecule has 0 atom stereocenters. The van der Waals surface area contributed by atoms with Crippen LogP contribution in [0.5, 0.6) is 11.5 Å². The maximum absolute atomic E-state index is 12.3. The molecule has 2 aromatic rings. The lowest BCUT2D eigenvalue weighted by molar-refractivity contribution is -0.117. The van der Waals surface area contributed by atoms with E-state index in [-0.39, 0.29) is 11.3 Å². The fraction of sp³-hybridized carbons (Fsp3) is 0.143. The zero-order valence-electron chi connectivity index (χ0n) is 14.5. The molecule has 0 radical (unpaired) electrons. The summed E-state index contributed by atoms with van der Waals surface area (Å²) in [6, 6.07) is 14.1. The van der Waals surface area contributed by atoms with E-state index < -0.39 is 5.91 Å². The van der Waals surface area contributed by atoms with E-state index in [1.54, 1.807) is 37.5 Å². The number of ether oxygens (including phenoxy) is 1. The number of methoxy groups -OCH3 is 1. The molecule has 0 aromatic heterocycles. The first-order chi connectivity index (χ1) is 12.6. The van der Waals surface area contributed by atoms with Crippen molar-refractivity contribution in [1.29, 1.82) is 5.26 Å². The molecule has 5 nitrogen and oxygen atoms in total. The van der Waals surface area contributed by atoms with Crippen LogP contribution < -0.4 is 10.1 Å². The minimum Gasteiger partial charge on any atom is -0.508 e. The van der Waals surface area contributed by atoms with Gasteiger partial charge in [-0.3, -0.25) is 4.79 Å². The number of amides is 1. The van der Waals surface area contributed by atoms with Crippen molar-refractivity contribution in [3.8, 4) is 17.6 Å². The van der Waals surface area contributed by atoms with E-state index >= 15 is 0 Å². The lowest BCUT2D eigenvalue weighted by Crippen LogP contribution is -2.23. The molecule has 1 amide bonds. The molecule has 132 valence electrons. The van der Waals surface area contributed by atoms with Crippen LogP contribution in [0.15, 0.2) is 60.7 Å². The number of aromatic hydroxyl groups is 1. The lowest BCUT2D eigenvalue weighted by Gasteiger charge is -2.07. The summed E-state index contributed by atoms with van der Waals surface area (Å²) in [4.78, 5) is 12.3. The van der Waals surface area contributed by atoms with Gasteiger partial charge in [-0.1, -0.05) is 24.3 Å². The Balaban J connectivity index is 2.10. The monoisotopic (exact) mass is 348 g/mol. The fourth-order valence-electron chi connectivity index (χ4n) is 2.35. The highest BCUT2D eigenvalue weighted by atomic mass is 16.5. The van der Waals surface area contributed by atoms with Gasteiger partial charge < -0.3 is 15.2 Å². The van der Waals surface area contributed by atoms with Crippen LogP contribution in [0.3, 0.4) is 0 Å². The largest absolute Gasteiger partial charge is 0.508 e. The molecule has 2 aromatic carbocycles. The SMILES string of the molecule is C=CCc1cc(/C=C(/C#N)C(=O)NCc2ccc(OC)cc2)ccc1O. The number of rotatable bonds is 7. The summed E-state index contributed by atoms with van der Waals surface area (Å²) in [5, 5.41) is 21.8. The summed E-state index contributed by atoms with van der Waals surface area (Å²) in [5.74, 6) is 0.437. The van der Waals surface area contributed by atoms with Crippen molar-refractivity contribution >= 4 is 12.0 Å². The summed E-state index contributed by atoms with van der Waals surface area (Å²) in [5.41, 5.74) is 2.24. The molecule has 5 heteroatoms. The van der Waals surface area contributed by atoms with Gasteiger partial charge in [0.05, 0.1) is 7.11 Å². The molecular weight excluding hydrogens is 328 g/mol. The second-order valence-corrected chi connectivity index (χ2v) is 5.58. The Kier molecular flexibility index (Phi) is 6.58. The molecule has 0 fully saturated rings. The molecule has 2 N–H and O–H groups in total. The topological polar surface area (TPSA) is 82.4 Å². The smallest absolute Gasteiger partial charge is 0.262 e. The maximum Gasteiger partial charge on any atom is 0.262 e. The number of nitriles is 1. The molecule has 0 unspecified atom stereocenters. The predicted molar refractivity (Wildman–Crippen MR) is 100 cm³/mol. The van der Waals surface area contributed by atoms with Crippen molar-refractivity contribution in [3.63, 3.8) is 0 Å². The third-order valence-electron chi connectivity index (χ3n) is 3.76. The second-order valence-electron chi connectivity index (χ2n) is 5.58. The van der Waals surface area contributed by atoms with Gasteiger partial charge in [-0.15, -0.1) is 6.58 Å². The minimum absolute atomic E-state index is 0.00578. The van der Waals surface area contributed by atoms with Crippen LogP contribution in [-0.2, 0) is 17.8 Å². The van der Waals surface area contributed by atoms with Crippen LogP contribution in [0, 0.1) is 11.3 Å². The van der Waals surface area contributed by atoms with Crippen LogP contribution in [0.4, 0.5) is 0 Å². The number of carbonyl (C=O) groups is 1. The van der Waals surface area contributed by atoms with Gasteiger partial charge in [0.15, 0.2) is 0 Å². The molecule has 0 aliphatic rings. The standard InChI is InChI=1S/C21H20N2O3/c1-3-4-17-11-16(7-10-20(17)24)12-18(13-22)21(25)23-14-15-5-8-19(26-2)9-6-15/h3,5-12,24H,1,4,14H2,2H3,(H,23,25)/b18-12-. The highest BCUT2D eigenvalue weighted by Crippen LogP contribution is 2.21. The van der Waals surface area contributed by atoms with Gasteiger partial charge in [0, 0.05) is 6.54 Å². The van der Waals surface area contributed by atoms with Crippen molar-refractivity contribution in [2.24, 2.45) is 0 Å². The molecule has 0 spiro atoms. The number of phenols is 1. The fourth-order valence-corrected chi connectivity index (χ4v) is 2.35. The van der Waals surface area contributed by atoms with E-state index in [2.05, 4.69) is 11.9 Å². The summed E-state index contributed by atoms with van der Waals surface area (Å²) in [6.07, 6.45) is 3.67. The van der Waals surface area contributed by atoms with Gasteiger partial charge in [0.2, 0.25) is 0 Å². The average molecular weight is 348 g/mol. The predicted octanol–water partition coefficient (Wildman–Crippen LogP) is 3.35. The Bertz CT molecular complexity index is 862. The number of nitrogens with zero attached hydrogens (tertiary/aromatic N) is 1. The number of phenolic OH excluding ortho intramolecular Hbond substituents is 1. The van der Waals surface area contributed by atoms with Crippen LogP contribution in [0.2, 0.25) is 0 Å². The Morgan fingerprint density at radius 2 is 2.04 bits per heavy atom. The van der Waals surface area contributed by atoms with E-state index in [0.29, 0.717) is 24.1 Å². The van der Waals surface area contributed by atoms with Gasteiger partial charge in [0.1, 0.15) is 23.1 Å². The van der Waals surface area contributed by atoms with Gasteiger partial charge in [-0.05, 0) is 53.5 Å². The number of carbonyl (C=O) groups excluding carboxylic acids is 1. The van der Waals surface area contributed by atoms with Crippen LogP contribution in [0.1, 0.15) is 16.7 Å². The number of allylic oxidation sites excluding steroid dienone is 1. The van der Waals surface area contributed by atoms with Crippen LogP contribution in [0.25, 0.3) is 6.08 Å². The molecule has 2 rings (SSSR count). The van der Waals surface area contributed by atoms with Gasteiger partial charge in [0.25, 0.3) is 5.91 Å². The molecular formula is C21H20N2O3. The summed E-state index contributed by atoms with van der Waals surface area (Å²) < 4.78 is 5.09. The molecule has 0 heterocycles. The lowest BCUT2D eigenvalue weighted by atomic mass is 10.0. The summed E-state index contributed by atoms with van der Waals surface area (Å²) in [7, 11) is 1.59. The van der Waals surface area contributed by atoms with E-state index in [1.807, 2.05) is 18.2 Å². The number of hydrogen-bond donors (Lipinski definition) is 2. The number of hydrogen-bond acceptors (Lipinski definition) is 4. The minimum atomic E-state index is -0.457. The van der Waals surface area contributed by atoms with E-state index in [1.165, 1.54) is 12.1 Å². The molecule has 0 aliphatic carbocycles. The van der Waals surface area contributed by atoms with Gasteiger partial charge >= 0.3 is 0 Å². The third-order valence-corrected chi connectivity index (χ3v) is 3.76. The Hall–Kier alpha value is -3.52. The number of benzene rings is 2. The molecule has 0 bridgehead atoms. The zero-order chi connectivity index (χ0) is 18.9. The van der Waals surface area contributed by atoms with Crippen molar-refractivity contribution in [3.05, 3.63) is 77.4 Å². The quantitative estimate of drug-likeness (QED) is 0.457. The number of nitrogens with one attached hydrogen (secondary N) is 1. The summed E-state index contributed by atoms with van der Waals surface area (Å²) in [6.45, 7) is 3.95. The average Bonchev–Trinajstić information content (AvgIpc) is 2.67. The van der Waals surface area contributed by atoms with Crippen molar-refractivity contribution in [2.75, 3.05) is 7.11 Å². The Morgan fingerprint density at radius 3 is 2.65 bits per heavy atom.